The Morgan fingerprint density at radius 3 is 2.47 bits per heavy atom. The van der Waals surface area contributed by atoms with Gasteiger partial charge in [0.05, 0.1) is 13.2 Å². The highest BCUT2D eigenvalue weighted by atomic mass is 16.5. The monoisotopic (exact) mass is 247 g/mol. The zero-order valence-corrected chi connectivity index (χ0v) is 11.5. The number of methoxy groups -OCH3 is 2. The first-order chi connectivity index (χ1) is 8.00. The number of carbonyl (C=O) groups excluding carboxylic acids is 1. The minimum absolute atomic E-state index is 0.0107. The summed E-state index contributed by atoms with van der Waals surface area (Å²) in [6.45, 7) is 5.09. The molecule has 5 nitrogen and oxygen atoms in total. The molecule has 0 spiro atoms. The van der Waals surface area contributed by atoms with E-state index >= 15 is 0 Å². The van der Waals surface area contributed by atoms with Gasteiger partial charge in [0.2, 0.25) is 0 Å². The van der Waals surface area contributed by atoms with Crippen LogP contribution in [0.3, 0.4) is 0 Å². The van der Waals surface area contributed by atoms with E-state index in [9.17, 15) is 4.79 Å². The van der Waals surface area contributed by atoms with Gasteiger partial charge < -0.3 is 19.5 Å². The fraction of sp³-hybridized carbons (Fsp3) is 0.917. The molecule has 102 valence electrons. The van der Waals surface area contributed by atoms with E-state index in [0.29, 0.717) is 19.6 Å². The molecule has 0 amide bonds. The molecule has 0 rings (SSSR count). The van der Waals surface area contributed by atoms with Crippen molar-refractivity contribution < 1.29 is 19.0 Å². The van der Waals surface area contributed by atoms with Crippen molar-refractivity contribution in [3.63, 3.8) is 0 Å². The van der Waals surface area contributed by atoms with Crippen molar-refractivity contribution in [1.82, 2.24) is 5.32 Å². The molecule has 0 heterocycles. The summed E-state index contributed by atoms with van der Waals surface area (Å²) >= 11 is 0. The number of likely N-dealkylation sites (N-methyl/N-ethyl adjacent to an activating group) is 1. The van der Waals surface area contributed by atoms with E-state index in [1.165, 1.54) is 7.11 Å². The maximum Gasteiger partial charge on any atom is 0.325 e. The van der Waals surface area contributed by atoms with Crippen LogP contribution >= 0.6 is 0 Å². The van der Waals surface area contributed by atoms with Crippen LogP contribution in [0.15, 0.2) is 0 Å². The summed E-state index contributed by atoms with van der Waals surface area (Å²) in [5.74, 6) is -0.271. The fourth-order valence-corrected chi connectivity index (χ4v) is 1.63. The average molecular weight is 247 g/mol. The summed E-state index contributed by atoms with van der Waals surface area (Å²) in [5.41, 5.74) is -0.699. The molecular formula is C12H25NO4. The van der Waals surface area contributed by atoms with Crippen LogP contribution in [-0.2, 0) is 19.0 Å². The van der Waals surface area contributed by atoms with Crippen molar-refractivity contribution >= 4 is 5.97 Å². The van der Waals surface area contributed by atoms with Crippen LogP contribution < -0.4 is 5.32 Å². The standard InChI is InChI=1S/C12H25NO4/c1-10(17-8-6-7-15-4)9-12(2,13-3)11(14)16-5/h10,13H,6-9H2,1-5H3. The van der Waals surface area contributed by atoms with E-state index < -0.39 is 5.54 Å². The molecule has 0 bridgehead atoms. The predicted octanol–water partition coefficient (Wildman–Crippen LogP) is 0.969. The number of hydrogen-bond acceptors (Lipinski definition) is 5. The second-order valence-electron chi connectivity index (χ2n) is 4.31. The first-order valence-electron chi connectivity index (χ1n) is 5.88. The van der Waals surface area contributed by atoms with Crippen LogP contribution in [0.2, 0.25) is 0 Å². The Morgan fingerprint density at radius 1 is 1.35 bits per heavy atom. The van der Waals surface area contributed by atoms with Crippen molar-refractivity contribution in [1.29, 1.82) is 0 Å². The van der Waals surface area contributed by atoms with Gasteiger partial charge in [-0.25, -0.2) is 0 Å². The van der Waals surface area contributed by atoms with E-state index in [1.807, 2.05) is 13.8 Å². The lowest BCUT2D eigenvalue weighted by Gasteiger charge is -2.29. The summed E-state index contributed by atoms with van der Waals surface area (Å²) < 4.78 is 15.3. The van der Waals surface area contributed by atoms with Gasteiger partial charge >= 0.3 is 5.97 Å². The Balaban J connectivity index is 4.05. The zero-order chi connectivity index (χ0) is 13.3. The third kappa shape index (κ3) is 6.00. The molecule has 0 radical (unpaired) electrons. The second-order valence-corrected chi connectivity index (χ2v) is 4.31. The van der Waals surface area contributed by atoms with Gasteiger partial charge in [0.1, 0.15) is 5.54 Å². The molecule has 0 saturated carbocycles. The highest BCUT2D eigenvalue weighted by molar-refractivity contribution is 5.80. The smallest absolute Gasteiger partial charge is 0.325 e. The minimum Gasteiger partial charge on any atom is -0.468 e. The van der Waals surface area contributed by atoms with Gasteiger partial charge in [0, 0.05) is 26.7 Å². The molecule has 17 heavy (non-hydrogen) atoms. The summed E-state index contributed by atoms with van der Waals surface area (Å²) in [4.78, 5) is 11.6. The summed E-state index contributed by atoms with van der Waals surface area (Å²) in [6.07, 6.45) is 1.42. The van der Waals surface area contributed by atoms with E-state index in [1.54, 1.807) is 14.2 Å². The van der Waals surface area contributed by atoms with Crippen LogP contribution in [0.4, 0.5) is 0 Å². The van der Waals surface area contributed by atoms with Crippen LogP contribution in [0.1, 0.15) is 26.7 Å². The molecule has 0 fully saturated rings. The SMILES string of the molecule is CNC(C)(CC(C)OCCCOC)C(=O)OC. The molecule has 2 atom stereocenters. The molecule has 0 aliphatic heterocycles. The lowest BCUT2D eigenvalue weighted by molar-refractivity contribution is -0.149. The van der Waals surface area contributed by atoms with Gasteiger partial charge in [0.25, 0.3) is 0 Å². The van der Waals surface area contributed by atoms with Gasteiger partial charge in [-0.15, -0.1) is 0 Å². The van der Waals surface area contributed by atoms with Crippen LogP contribution in [0, 0.1) is 0 Å². The molecule has 0 aliphatic carbocycles. The number of carbonyl (C=O) groups is 1. The lowest BCUT2D eigenvalue weighted by Crippen LogP contribution is -2.50. The van der Waals surface area contributed by atoms with E-state index in [-0.39, 0.29) is 12.1 Å². The molecule has 0 aromatic rings. The Morgan fingerprint density at radius 2 is 2.00 bits per heavy atom. The van der Waals surface area contributed by atoms with E-state index in [2.05, 4.69) is 5.32 Å². The number of rotatable bonds is 9. The highest BCUT2D eigenvalue weighted by Crippen LogP contribution is 2.16. The van der Waals surface area contributed by atoms with Gasteiger partial charge in [-0.3, -0.25) is 4.79 Å². The van der Waals surface area contributed by atoms with E-state index in [0.717, 1.165) is 6.42 Å². The van der Waals surface area contributed by atoms with Crippen molar-refractivity contribution in [2.24, 2.45) is 0 Å². The topological polar surface area (TPSA) is 56.8 Å². The van der Waals surface area contributed by atoms with Crippen LogP contribution in [0.25, 0.3) is 0 Å². The maximum atomic E-state index is 11.6. The largest absolute Gasteiger partial charge is 0.468 e. The Hall–Kier alpha value is -0.650. The second kappa shape index (κ2) is 8.44. The van der Waals surface area contributed by atoms with Crippen molar-refractivity contribution in [2.75, 3.05) is 34.5 Å². The third-order valence-electron chi connectivity index (χ3n) is 2.78. The highest BCUT2D eigenvalue weighted by Gasteiger charge is 2.34. The molecule has 0 aliphatic rings. The molecule has 0 saturated heterocycles. The Bertz CT molecular complexity index is 223. The van der Waals surface area contributed by atoms with Gasteiger partial charge in [-0.05, 0) is 27.3 Å². The maximum absolute atomic E-state index is 11.6. The normalized spacial score (nSPS) is 16.3. The average Bonchev–Trinajstić information content (AvgIpc) is 2.33. The van der Waals surface area contributed by atoms with Gasteiger partial charge in [0.15, 0.2) is 0 Å². The number of nitrogens with one attached hydrogen (secondary N) is 1. The van der Waals surface area contributed by atoms with Crippen molar-refractivity contribution in [2.45, 2.75) is 38.3 Å². The number of ether oxygens (including phenoxy) is 3. The van der Waals surface area contributed by atoms with Gasteiger partial charge in [-0.1, -0.05) is 0 Å². The molecule has 1 N–H and O–H groups in total. The Labute approximate surface area is 104 Å². The van der Waals surface area contributed by atoms with Gasteiger partial charge in [-0.2, -0.15) is 0 Å². The molecular weight excluding hydrogens is 222 g/mol. The molecule has 0 aromatic heterocycles. The summed E-state index contributed by atoms with van der Waals surface area (Å²) in [6, 6.07) is 0. The quantitative estimate of drug-likeness (QED) is 0.486. The number of hydrogen-bond donors (Lipinski definition) is 1. The molecule has 0 aromatic carbocycles. The first kappa shape index (κ1) is 16.4. The third-order valence-corrected chi connectivity index (χ3v) is 2.78. The first-order valence-corrected chi connectivity index (χ1v) is 5.88. The summed E-state index contributed by atoms with van der Waals surface area (Å²) in [5, 5.41) is 2.98. The predicted molar refractivity (Wildman–Crippen MR) is 66.0 cm³/mol. The summed E-state index contributed by atoms with van der Waals surface area (Å²) in [7, 11) is 4.80. The minimum atomic E-state index is -0.699. The van der Waals surface area contributed by atoms with E-state index in [4.69, 9.17) is 14.2 Å². The lowest BCUT2D eigenvalue weighted by atomic mass is 9.95. The molecule has 5 heteroatoms. The van der Waals surface area contributed by atoms with Crippen LogP contribution in [-0.4, -0.2) is 52.1 Å². The van der Waals surface area contributed by atoms with Crippen molar-refractivity contribution in [3.05, 3.63) is 0 Å². The van der Waals surface area contributed by atoms with Crippen LogP contribution in [0.5, 0.6) is 0 Å². The van der Waals surface area contributed by atoms with Crippen molar-refractivity contribution in [3.8, 4) is 0 Å². The molecule has 2 unspecified atom stereocenters. The number of esters is 1. The zero-order valence-electron chi connectivity index (χ0n) is 11.5. The fourth-order valence-electron chi connectivity index (χ4n) is 1.63. The Kier molecular flexibility index (Phi) is 8.12.